The first kappa shape index (κ1) is 13.1. The first-order valence-electron chi connectivity index (χ1n) is 5.00. The number of sulfone groups is 1. The Bertz CT molecular complexity index is 483. The molecule has 16 heavy (non-hydrogen) atoms. The summed E-state index contributed by atoms with van der Waals surface area (Å²) in [5.74, 6) is -0.362. The van der Waals surface area contributed by atoms with Gasteiger partial charge in [0.2, 0.25) is 0 Å². The second kappa shape index (κ2) is 4.93. The van der Waals surface area contributed by atoms with Crippen molar-refractivity contribution in [1.29, 1.82) is 0 Å². The van der Waals surface area contributed by atoms with Crippen LogP contribution in [0.5, 0.6) is 0 Å². The van der Waals surface area contributed by atoms with Gasteiger partial charge in [-0.1, -0.05) is 0 Å². The van der Waals surface area contributed by atoms with Crippen LogP contribution in [0.25, 0.3) is 0 Å². The average Bonchev–Trinajstić information content (AvgIpc) is 2.17. The molecule has 0 aliphatic carbocycles. The van der Waals surface area contributed by atoms with Gasteiger partial charge in [0.1, 0.15) is 5.82 Å². The minimum atomic E-state index is -3.30. The zero-order chi connectivity index (χ0) is 12.3. The van der Waals surface area contributed by atoms with E-state index in [9.17, 15) is 12.8 Å². The Hall–Kier alpha value is -0.940. The molecule has 0 saturated carbocycles. The molecule has 5 heteroatoms. The highest BCUT2D eigenvalue weighted by Gasteiger charge is 2.15. The second-order valence-corrected chi connectivity index (χ2v) is 5.82. The lowest BCUT2D eigenvalue weighted by Crippen LogP contribution is -2.13. The largest absolute Gasteiger partial charge is 0.319 e. The van der Waals surface area contributed by atoms with Crippen LogP contribution < -0.4 is 5.32 Å². The van der Waals surface area contributed by atoms with Gasteiger partial charge in [-0.2, -0.15) is 0 Å². The van der Waals surface area contributed by atoms with Crippen LogP contribution in [0.2, 0.25) is 0 Å². The molecule has 3 nitrogen and oxygen atoms in total. The minimum Gasteiger partial charge on any atom is -0.319 e. The molecule has 0 aromatic heterocycles. The van der Waals surface area contributed by atoms with E-state index in [4.69, 9.17) is 0 Å². The molecule has 1 aromatic rings. The SMILES string of the molecule is CNCCc1cc(F)c(C)cc1S(C)(=O)=O. The Balaban J connectivity index is 3.28. The molecule has 0 unspecified atom stereocenters. The summed E-state index contributed by atoms with van der Waals surface area (Å²) in [4.78, 5) is 0.224. The van der Waals surface area contributed by atoms with Crippen LogP contribution in [0.3, 0.4) is 0 Å². The van der Waals surface area contributed by atoms with E-state index in [1.165, 1.54) is 12.1 Å². The first-order valence-corrected chi connectivity index (χ1v) is 6.89. The Kier molecular flexibility index (Phi) is 4.04. The molecule has 0 heterocycles. The van der Waals surface area contributed by atoms with Gasteiger partial charge >= 0.3 is 0 Å². The summed E-state index contributed by atoms with van der Waals surface area (Å²) in [5, 5.41) is 2.91. The zero-order valence-electron chi connectivity index (χ0n) is 9.67. The molecule has 0 radical (unpaired) electrons. The molecule has 0 aliphatic heterocycles. The highest BCUT2D eigenvalue weighted by molar-refractivity contribution is 7.90. The molecule has 1 aromatic carbocycles. The van der Waals surface area contributed by atoms with Crippen molar-refractivity contribution in [2.45, 2.75) is 18.2 Å². The smallest absolute Gasteiger partial charge is 0.175 e. The number of benzene rings is 1. The Morgan fingerprint density at radius 2 is 2.00 bits per heavy atom. The van der Waals surface area contributed by atoms with Crippen LogP contribution >= 0.6 is 0 Å². The molecule has 90 valence electrons. The number of hydrogen-bond donors (Lipinski definition) is 1. The van der Waals surface area contributed by atoms with Crippen molar-refractivity contribution < 1.29 is 12.8 Å². The highest BCUT2D eigenvalue weighted by Crippen LogP contribution is 2.20. The average molecular weight is 245 g/mol. The summed E-state index contributed by atoms with van der Waals surface area (Å²) in [6.45, 7) is 2.18. The number of likely N-dealkylation sites (N-methyl/N-ethyl adjacent to an activating group) is 1. The predicted molar refractivity (Wildman–Crippen MR) is 61.9 cm³/mol. The third kappa shape index (κ3) is 3.02. The van der Waals surface area contributed by atoms with Crippen molar-refractivity contribution in [3.8, 4) is 0 Å². The lowest BCUT2D eigenvalue weighted by atomic mass is 10.1. The number of aryl methyl sites for hydroxylation is 1. The van der Waals surface area contributed by atoms with Gasteiger partial charge in [0.25, 0.3) is 0 Å². The van der Waals surface area contributed by atoms with E-state index < -0.39 is 9.84 Å². The van der Waals surface area contributed by atoms with E-state index in [2.05, 4.69) is 5.32 Å². The summed E-state index contributed by atoms with van der Waals surface area (Å²) in [6.07, 6.45) is 1.64. The van der Waals surface area contributed by atoms with Crippen molar-refractivity contribution in [3.05, 3.63) is 29.1 Å². The molecule has 1 N–H and O–H groups in total. The maximum Gasteiger partial charge on any atom is 0.175 e. The molecule has 0 atom stereocenters. The zero-order valence-corrected chi connectivity index (χ0v) is 10.5. The maximum atomic E-state index is 13.4. The van der Waals surface area contributed by atoms with Crippen molar-refractivity contribution in [1.82, 2.24) is 5.32 Å². The number of rotatable bonds is 4. The summed E-state index contributed by atoms with van der Waals surface area (Å²) < 4.78 is 36.4. The second-order valence-electron chi connectivity index (χ2n) is 3.83. The monoisotopic (exact) mass is 245 g/mol. The fraction of sp³-hybridized carbons (Fsp3) is 0.455. The number of halogens is 1. The van der Waals surface area contributed by atoms with E-state index in [0.717, 1.165) is 6.26 Å². The van der Waals surface area contributed by atoms with E-state index in [1.807, 2.05) is 0 Å². The fourth-order valence-electron chi connectivity index (χ4n) is 1.50. The molecule has 0 saturated heterocycles. The van der Waals surface area contributed by atoms with Crippen LogP contribution in [0.1, 0.15) is 11.1 Å². The van der Waals surface area contributed by atoms with Gasteiger partial charge in [0.05, 0.1) is 4.90 Å². The van der Waals surface area contributed by atoms with Crippen molar-refractivity contribution >= 4 is 9.84 Å². The van der Waals surface area contributed by atoms with Gasteiger partial charge in [-0.15, -0.1) is 0 Å². The van der Waals surface area contributed by atoms with Crippen molar-refractivity contribution in [2.75, 3.05) is 19.8 Å². The third-order valence-electron chi connectivity index (χ3n) is 2.39. The number of nitrogens with one attached hydrogen (secondary N) is 1. The molecular formula is C11H16FNO2S. The van der Waals surface area contributed by atoms with E-state index >= 15 is 0 Å². The summed E-state index contributed by atoms with van der Waals surface area (Å²) >= 11 is 0. The van der Waals surface area contributed by atoms with Crippen molar-refractivity contribution in [3.63, 3.8) is 0 Å². The molecule has 0 amide bonds. The number of hydrogen-bond acceptors (Lipinski definition) is 3. The Morgan fingerprint density at radius 1 is 1.38 bits per heavy atom. The Labute approximate surface area is 95.6 Å². The first-order chi connectivity index (χ1) is 7.36. The van der Waals surface area contributed by atoms with Crippen LogP contribution in [0.4, 0.5) is 4.39 Å². The molecule has 1 rings (SSSR count). The molecule has 0 spiro atoms. The Morgan fingerprint density at radius 3 is 2.50 bits per heavy atom. The fourth-order valence-corrected chi connectivity index (χ4v) is 2.52. The van der Waals surface area contributed by atoms with Crippen LogP contribution in [-0.2, 0) is 16.3 Å². The lowest BCUT2D eigenvalue weighted by molar-refractivity contribution is 0.595. The van der Waals surface area contributed by atoms with Gasteiger partial charge in [-0.3, -0.25) is 0 Å². The summed E-state index contributed by atoms with van der Waals surface area (Å²) in [7, 11) is -1.53. The van der Waals surface area contributed by atoms with Crippen LogP contribution in [0, 0.1) is 12.7 Å². The van der Waals surface area contributed by atoms with E-state index in [0.29, 0.717) is 24.1 Å². The van der Waals surface area contributed by atoms with Gasteiger partial charge in [-0.05, 0) is 50.2 Å². The standard InChI is InChI=1S/C11H16FNO2S/c1-8-6-11(16(3,14)15)9(4-5-13-2)7-10(8)12/h6-7,13H,4-5H2,1-3H3. The van der Waals surface area contributed by atoms with Gasteiger partial charge in [0.15, 0.2) is 9.84 Å². The van der Waals surface area contributed by atoms with Gasteiger partial charge in [-0.25, -0.2) is 12.8 Å². The maximum absolute atomic E-state index is 13.4. The summed E-state index contributed by atoms with van der Waals surface area (Å²) in [5.41, 5.74) is 0.883. The third-order valence-corrected chi connectivity index (χ3v) is 3.56. The highest BCUT2D eigenvalue weighted by atomic mass is 32.2. The van der Waals surface area contributed by atoms with Crippen LogP contribution in [-0.4, -0.2) is 28.3 Å². The van der Waals surface area contributed by atoms with E-state index in [-0.39, 0.29) is 10.7 Å². The minimum absolute atomic E-state index is 0.224. The molecule has 0 fully saturated rings. The molecule has 0 bridgehead atoms. The lowest BCUT2D eigenvalue weighted by Gasteiger charge is -2.09. The normalized spacial score (nSPS) is 11.8. The van der Waals surface area contributed by atoms with E-state index in [1.54, 1.807) is 14.0 Å². The summed E-state index contributed by atoms with van der Waals surface area (Å²) in [6, 6.07) is 2.71. The molecule has 0 aliphatic rings. The van der Waals surface area contributed by atoms with Crippen molar-refractivity contribution in [2.24, 2.45) is 0 Å². The predicted octanol–water partition coefficient (Wildman–Crippen LogP) is 1.30. The quantitative estimate of drug-likeness (QED) is 0.813. The van der Waals surface area contributed by atoms with Gasteiger partial charge < -0.3 is 5.32 Å². The van der Waals surface area contributed by atoms with Gasteiger partial charge in [0, 0.05) is 6.26 Å². The topological polar surface area (TPSA) is 46.2 Å². The van der Waals surface area contributed by atoms with Crippen LogP contribution in [0.15, 0.2) is 17.0 Å². The molecular weight excluding hydrogens is 229 g/mol.